The lowest BCUT2D eigenvalue weighted by Gasteiger charge is -2.40. The third-order valence-electron chi connectivity index (χ3n) is 25.0. The smallest absolute Gasteiger partial charge is 0.410 e. The third kappa shape index (κ3) is 31.2. The van der Waals surface area contributed by atoms with Gasteiger partial charge in [-0.1, -0.05) is 0 Å². The summed E-state index contributed by atoms with van der Waals surface area (Å²) in [6.07, 6.45) is 15.5. The lowest BCUT2D eigenvalue weighted by molar-refractivity contribution is -0.389. The molecule has 7 atom stereocenters. The molecule has 7 aliphatic heterocycles. The molecular formula is C89H150FN19O20. The predicted octanol–water partition coefficient (Wildman–Crippen LogP) is 7.13. The Morgan fingerprint density at radius 1 is 0.450 bits per heavy atom. The Balaban J connectivity index is 0.000000184. The molecule has 12 fully saturated rings. The minimum atomic E-state index is -0.716. The standard InChI is InChI=1S/C14H20N4O3.C14H22N4O.C14H26N2O3.C12H22N2O4.C12H21NO5.2C9H18N2O.C5H3FN2O2/c1-16(2)14(5-6-14)12-10-17(7-8-21-12)11-3-4-13(15-9-11)18(19)20;1-17(2)14(5-6-14)12-10-18(7-8-19-12)11-3-4-13(15)16-9-11;1-13(2,3)19-12(17)16-8-9-18-11(10-16)14(6-7-14)15(4)5;1-12(2,3)18-11(16)14-6-7-17-9(8-14)10(15)13(4)5;1-5-16-10(14)9-8-13(6-7-17-9)11(15)18-12(2,3)4;2*1-11(2)9(3-4-9)8-7-10-5-6-12-8;6-4-1-2-5(7-3-4)8(9)10/h3-4,9,12H,5-8,10H2,1-2H3;3-4,9,12H,5-8,10H2,1-2H3,(H2,15,16);11H,6-10H2,1-5H3;9H,6-8H2,1-5H3;9H,5-8H2,1-4H3;2*8,10H,3-7H2,1-2H3;1-3H. The molecule has 40 heteroatoms. The van der Waals surface area contributed by atoms with Crippen LogP contribution < -0.4 is 26.2 Å². The molecule has 3 aromatic rings. The first-order chi connectivity index (χ1) is 60.6. The number of anilines is 3. The topological polar surface area (TPSA) is 398 Å². The number of nitrogens with one attached hydrogen (secondary N) is 2. The molecule has 728 valence electrons. The van der Waals surface area contributed by atoms with Crippen molar-refractivity contribution in [3.63, 3.8) is 0 Å². The van der Waals surface area contributed by atoms with Gasteiger partial charge in [-0.25, -0.2) is 28.6 Å². The van der Waals surface area contributed by atoms with Gasteiger partial charge in [0.05, 0.1) is 121 Å². The van der Waals surface area contributed by atoms with E-state index in [1.54, 1.807) is 59.0 Å². The first-order valence-corrected chi connectivity index (χ1v) is 45.1. The number of hydrogen-bond acceptors (Lipinski definition) is 33. The lowest BCUT2D eigenvalue weighted by Crippen LogP contribution is -2.55. The number of halogens is 1. The number of ether oxygens (including phenoxy) is 11. The summed E-state index contributed by atoms with van der Waals surface area (Å²) in [7, 11) is 24.6. The fourth-order valence-corrected chi connectivity index (χ4v) is 16.5. The van der Waals surface area contributed by atoms with Crippen LogP contribution in [-0.4, -0.2) is 415 Å². The number of nitrogens with zero attached hydrogens (tertiary/aromatic N) is 16. The molecule has 129 heavy (non-hydrogen) atoms. The maximum Gasteiger partial charge on any atom is 0.410 e. The van der Waals surface area contributed by atoms with Crippen molar-refractivity contribution in [2.75, 3.05) is 245 Å². The normalized spacial score (nSPS) is 24.3. The predicted molar refractivity (Wildman–Crippen MR) is 486 cm³/mol. The second-order valence-electron chi connectivity index (χ2n) is 38.7. The van der Waals surface area contributed by atoms with E-state index in [1.807, 2.05) is 59.9 Å². The number of hydrogen-bond donors (Lipinski definition) is 3. The molecule has 5 saturated carbocycles. The Hall–Kier alpha value is -8.23. The van der Waals surface area contributed by atoms with Crippen LogP contribution in [0.2, 0.25) is 0 Å². The monoisotopic (exact) mass is 1820 g/mol. The summed E-state index contributed by atoms with van der Waals surface area (Å²) < 4.78 is 72.9. The molecule has 10 heterocycles. The van der Waals surface area contributed by atoms with Crippen LogP contribution in [0.25, 0.3) is 0 Å². The SMILES string of the molecule is CCOC(=O)C1CN(C(=O)OC(C)(C)C)CCO1.CN(C)C(=O)C1CN(C(=O)OC(C)(C)C)CCO1.CN(C)C1(C2CN(C(=O)OC(C)(C)C)CCO2)CC1.CN(C)C1(C2CN(c3ccc(N)nc3)CCO2)CC1.CN(C)C1(C2CN(c3ccc([N+](=O)[O-])nc3)CCO2)CC1.CN(C)C1(C2CNCCO2)CC1.CN(C)C1(C2CNCCO2)CC1.O=[N+]([O-])c1ccc(F)cn1. The van der Waals surface area contributed by atoms with Gasteiger partial charge >= 0.3 is 35.9 Å². The number of carbonyl (C=O) groups excluding carboxylic acids is 5. The molecule has 0 aromatic carbocycles. The third-order valence-corrected chi connectivity index (χ3v) is 25.0. The maximum absolute atomic E-state index is 12.1. The number of nitro groups is 2. The number of pyridine rings is 3. The number of carbonyl (C=O) groups is 5. The van der Waals surface area contributed by atoms with Gasteiger partial charge in [0, 0.05) is 126 Å². The number of nitrogens with two attached hydrogens (primary N) is 1. The molecule has 0 radical (unpaired) electrons. The summed E-state index contributed by atoms with van der Waals surface area (Å²) in [5.74, 6) is -1.04. The number of aromatic nitrogens is 3. The van der Waals surface area contributed by atoms with Crippen LogP contribution >= 0.6 is 0 Å². The highest BCUT2D eigenvalue weighted by molar-refractivity contribution is 5.82. The van der Waals surface area contributed by atoms with Crippen LogP contribution in [-0.2, 0) is 61.7 Å². The van der Waals surface area contributed by atoms with Gasteiger partial charge in [-0.3, -0.25) is 4.79 Å². The molecule has 4 N–H and O–H groups in total. The number of esters is 1. The van der Waals surface area contributed by atoms with Gasteiger partial charge < -0.3 is 143 Å². The molecule has 3 aromatic heterocycles. The number of likely N-dealkylation sites (N-methyl/N-ethyl adjacent to an activating group) is 6. The summed E-state index contributed by atoms with van der Waals surface area (Å²) >= 11 is 0. The Morgan fingerprint density at radius 3 is 1.09 bits per heavy atom. The van der Waals surface area contributed by atoms with Gasteiger partial charge in [0.2, 0.25) is 0 Å². The highest BCUT2D eigenvalue weighted by Gasteiger charge is 2.57. The van der Waals surface area contributed by atoms with Crippen molar-refractivity contribution >= 4 is 59.0 Å². The van der Waals surface area contributed by atoms with Crippen molar-refractivity contribution in [1.29, 1.82) is 0 Å². The molecule has 5 aliphatic carbocycles. The second-order valence-corrected chi connectivity index (χ2v) is 38.7. The molecule has 15 rings (SSSR count). The molecule has 4 amide bonds. The van der Waals surface area contributed by atoms with Crippen molar-refractivity contribution in [2.24, 2.45) is 0 Å². The quantitative estimate of drug-likeness (QED) is 0.0523. The van der Waals surface area contributed by atoms with Gasteiger partial charge in [-0.2, -0.15) is 0 Å². The summed E-state index contributed by atoms with van der Waals surface area (Å²) in [6.45, 7) is 33.1. The van der Waals surface area contributed by atoms with Gasteiger partial charge in [0.1, 0.15) is 22.6 Å². The summed E-state index contributed by atoms with van der Waals surface area (Å²) in [6, 6.07) is 9.13. The van der Waals surface area contributed by atoms with Crippen molar-refractivity contribution < 1.29 is 90.3 Å². The average Bonchev–Trinajstić information content (AvgIpc) is 1.60. The zero-order valence-electron chi connectivity index (χ0n) is 80.6. The van der Waals surface area contributed by atoms with E-state index in [0.29, 0.717) is 88.3 Å². The summed E-state index contributed by atoms with van der Waals surface area (Å²) in [5, 5.41) is 27.4. The Kier molecular flexibility index (Phi) is 38.6. The van der Waals surface area contributed by atoms with E-state index in [1.165, 1.54) is 59.3 Å². The van der Waals surface area contributed by atoms with Gasteiger partial charge in [-0.05, 0) is 248 Å². The fourth-order valence-electron chi connectivity index (χ4n) is 16.5. The molecular weight excluding hydrogens is 1670 g/mol. The zero-order valence-corrected chi connectivity index (χ0v) is 80.6. The maximum atomic E-state index is 12.1. The zero-order chi connectivity index (χ0) is 95.2. The summed E-state index contributed by atoms with van der Waals surface area (Å²) in [4.78, 5) is 112. The first kappa shape index (κ1) is 106. The fraction of sp³-hybridized carbons (Fsp3) is 0.775. The molecule has 0 spiro atoms. The number of morpholine rings is 7. The minimum Gasteiger partial charge on any atom is -0.464 e. The number of nitrogen functional groups attached to an aromatic ring is 1. The minimum absolute atomic E-state index is 0.101. The molecule has 7 unspecified atom stereocenters. The van der Waals surface area contributed by atoms with E-state index in [4.69, 9.17) is 57.8 Å². The Bertz CT molecular complexity index is 3980. The van der Waals surface area contributed by atoms with Crippen LogP contribution in [0.5, 0.6) is 0 Å². The van der Waals surface area contributed by atoms with E-state index in [9.17, 15) is 48.6 Å². The lowest BCUT2D eigenvalue weighted by atomic mass is 10.1. The van der Waals surface area contributed by atoms with Crippen LogP contribution in [0.4, 0.5) is 47.6 Å². The van der Waals surface area contributed by atoms with Crippen LogP contribution in [0, 0.1) is 26.0 Å². The number of rotatable bonds is 17. The van der Waals surface area contributed by atoms with E-state index < -0.39 is 62.8 Å². The molecule has 39 nitrogen and oxygen atoms in total. The van der Waals surface area contributed by atoms with Crippen molar-refractivity contribution in [1.82, 2.24) is 69.7 Å². The van der Waals surface area contributed by atoms with Crippen LogP contribution in [0.1, 0.15) is 133 Å². The molecule has 12 aliphatic rings. The van der Waals surface area contributed by atoms with Gasteiger partial charge in [0.15, 0.2) is 30.4 Å². The molecule has 0 bridgehead atoms. The van der Waals surface area contributed by atoms with Crippen LogP contribution in [0.15, 0.2) is 55.0 Å². The van der Waals surface area contributed by atoms with Crippen molar-refractivity contribution in [3.05, 3.63) is 81.0 Å². The summed E-state index contributed by atoms with van der Waals surface area (Å²) in [5.41, 5.74) is 7.45. The second kappa shape index (κ2) is 46.9. The average molecular weight is 1830 g/mol. The molecule has 7 saturated heterocycles. The Labute approximate surface area is 762 Å². The van der Waals surface area contributed by atoms with E-state index in [-0.39, 0.29) is 71.7 Å². The van der Waals surface area contributed by atoms with Crippen molar-refractivity contribution in [3.8, 4) is 0 Å². The largest absolute Gasteiger partial charge is 0.464 e. The first-order valence-electron chi connectivity index (χ1n) is 45.1. The van der Waals surface area contributed by atoms with Crippen LogP contribution in [0.3, 0.4) is 0 Å². The van der Waals surface area contributed by atoms with E-state index >= 15 is 0 Å². The highest BCUT2D eigenvalue weighted by atomic mass is 19.1. The van der Waals surface area contributed by atoms with E-state index in [2.05, 4.69) is 130 Å². The Morgan fingerprint density at radius 2 is 0.775 bits per heavy atom. The van der Waals surface area contributed by atoms with E-state index in [0.717, 1.165) is 128 Å². The highest BCUT2D eigenvalue weighted by Crippen LogP contribution is 2.49. The van der Waals surface area contributed by atoms with Crippen molar-refractivity contribution in [2.45, 2.75) is 221 Å². The van der Waals surface area contributed by atoms with Gasteiger partial charge in [0.25, 0.3) is 5.91 Å². The number of amides is 4. The van der Waals surface area contributed by atoms with Gasteiger partial charge in [-0.15, -0.1) is 0 Å².